The Labute approximate surface area is 195 Å². The monoisotopic (exact) mass is 454 g/mol. The molecule has 1 saturated heterocycles. The van der Waals surface area contributed by atoms with Gasteiger partial charge in [0.1, 0.15) is 11.6 Å². The Morgan fingerprint density at radius 3 is 2.22 bits per heavy atom. The van der Waals surface area contributed by atoms with Crippen molar-refractivity contribution >= 4 is 23.8 Å². The van der Waals surface area contributed by atoms with Gasteiger partial charge < -0.3 is 15.0 Å². The van der Waals surface area contributed by atoms with Crippen LogP contribution < -0.4 is 5.32 Å². The van der Waals surface area contributed by atoms with Crippen LogP contribution >= 0.6 is 11.8 Å². The summed E-state index contributed by atoms with van der Waals surface area (Å²) < 4.78 is 5.42. The molecular weight excluding hydrogens is 420 g/mol. The summed E-state index contributed by atoms with van der Waals surface area (Å²) in [6.07, 6.45) is 1.33. The van der Waals surface area contributed by atoms with Crippen molar-refractivity contribution in [1.29, 1.82) is 0 Å². The summed E-state index contributed by atoms with van der Waals surface area (Å²) in [5.74, 6) is 1.75. The number of thioether (sulfide) groups is 1. The van der Waals surface area contributed by atoms with Gasteiger partial charge in [-0.3, -0.25) is 4.79 Å². The van der Waals surface area contributed by atoms with Gasteiger partial charge in [0.15, 0.2) is 0 Å². The largest absolute Gasteiger partial charge is 0.444 e. The number of amides is 2. The van der Waals surface area contributed by atoms with Crippen LogP contribution in [0.2, 0.25) is 0 Å². The fraction of sp³-hybridized carbons (Fsp3) is 0.462. The minimum Gasteiger partial charge on any atom is -0.444 e. The lowest BCUT2D eigenvalue weighted by Crippen LogP contribution is -2.52. The number of likely N-dealkylation sites (tertiary alicyclic amines) is 1. The third kappa shape index (κ3) is 7.59. The van der Waals surface area contributed by atoms with E-state index < -0.39 is 17.7 Å². The summed E-state index contributed by atoms with van der Waals surface area (Å²) in [6, 6.07) is 20.0. The van der Waals surface area contributed by atoms with Gasteiger partial charge in [-0.05, 0) is 50.7 Å². The zero-order chi connectivity index (χ0) is 23.0. The van der Waals surface area contributed by atoms with E-state index in [2.05, 4.69) is 41.7 Å². The molecule has 1 aliphatic heterocycles. The maximum atomic E-state index is 13.3. The zero-order valence-electron chi connectivity index (χ0n) is 19.3. The second kappa shape index (κ2) is 11.4. The summed E-state index contributed by atoms with van der Waals surface area (Å²) in [5, 5.41) is 2.83. The molecule has 1 heterocycles. The second-order valence-corrected chi connectivity index (χ2v) is 10.2. The summed E-state index contributed by atoms with van der Waals surface area (Å²) in [4.78, 5) is 27.6. The Kier molecular flexibility index (Phi) is 8.62. The molecule has 5 nitrogen and oxygen atoms in total. The van der Waals surface area contributed by atoms with Crippen molar-refractivity contribution in [2.45, 2.75) is 56.9 Å². The third-order valence-corrected chi connectivity index (χ3v) is 6.57. The van der Waals surface area contributed by atoms with Crippen molar-refractivity contribution in [3.63, 3.8) is 0 Å². The molecule has 0 radical (unpaired) electrons. The number of hydrogen-bond donors (Lipinski definition) is 1. The predicted molar refractivity (Wildman–Crippen MR) is 131 cm³/mol. The van der Waals surface area contributed by atoms with Gasteiger partial charge in [-0.2, -0.15) is 11.8 Å². The van der Waals surface area contributed by atoms with Crippen molar-refractivity contribution in [3.8, 4) is 0 Å². The predicted octanol–water partition coefficient (Wildman–Crippen LogP) is 5.22. The Morgan fingerprint density at radius 2 is 1.62 bits per heavy atom. The van der Waals surface area contributed by atoms with Gasteiger partial charge >= 0.3 is 6.09 Å². The molecule has 172 valence electrons. The molecule has 0 aromatic heterocycles. The van der Waals surface area contributed by atoms with Crippen molar-refractivity contribution < 1.29 is 14.3 Å². The Morgan fingerprint density at radius 1 is 1.03 bits per heavy atom. The fourth-order valence-electron chi connectivity index (χ4n) is 3.87. The molecule has 2 aromatic rings. The lowest BCUT2D eigenvalue weighted by atomic mass is 9.89. The Balaban J connectivity index is 1.59. The Hall–Kier alpha value is -2.47. The maximum absolute atomic E-state index is 13.3. The lowest BCUT2D eigenvalue weighted by Gasteiger charge is -2.34. The van der Waals surface area contributed by atoms with E-state index in [4.69, 9.17) is 4.74 Å². The van der Waals surface area contributed by atoms with Crippen molar-refractivity contribution in [2.75, 3.05) is 18.8 Å². The van der Waals surface area contributed by atoms with Gasteiger partial charge in [-0.1, -0.05) is 60.7 Å². The summed E-state index contributed by atoms with van der Waals surface area (Å²) in [7, 11) is 0. The topological polar surface area (TPSA) is 58.6 Å². The van der Waals surface area contributed by atoms with E-state index >= 15 is 0 Å². The van der Waals surface area contributed by atoms with Crippen LogP contribution in [-0.4, -0.2) is 47.4 Å². The number of nitrogens with one attached hydrogen (secondary N) is 1. The van der Waals surface area contributed by atoms with Crippen LogP contribution in [0.5, 0.6) is 0 Å². The Bertz CT molecular complexity index is 860. The number of nitrogens with zero attached hydrogens (tertiary/aromatic N) is 1. The average Bonchev–Trinajstić information content (AvgIpc) is 2.78. The van der Waals surface area contributed by atoms with Crippen LogP contribution in [0.4, 0.5) is 4.79 Å². The van der Waals surface area contributed by atoms with E-state index in [0.717, 1.165) is 18.6 Å². The molecule has 0 spiro atoms. The molecule has 1 N–H and O–H groups in total. The van der Waals surface area contributed by atoms with Crippen LogP contribution in [0.25, 0.3) is 0 Å². The highest BCUT2D eigenvalue weighted by Crippen LogP contribution is 2.28. The van der Waals surface area contributed by atoms with Gasteiger partial charge in [0.2, 0.25) is 5.91 Å². The second-order valence-electron chi connectivity index (χ2n) is 9.21. The molecule has 1 fully saturated rings. The van der Waals surface area contributed by atoms with Gasteiger partial charge in [0.05, 0.1) is 0 Å². The summed E-state index contributed by atoms with van der Waals surface area (Å²) in [6.45, 7) is 6.87. The van der Waals surface area contributed by atoms with E-state index in [1.165, 1.54) is 11.1 Å². The molecule has 3 rings (SSSR count). The number of carbonyl (C=O) groups excluding carboxylic acids is 2. The van der Waals surface area contributed by atoms with E-state index in [0.29, 0.717) is 24.8 Å². The first-order valence-corrected chi connectivity index (χ1v) is 12.4. The third-order valence-electron chi connectivity index (χ3n) is 5.46. The van der Waals surface area contributed by atoms with Gasteiger partial charge in [-0.25, -0.2) is 4.79 Å². The summed E-state index contributed by atoms with van der Waals surface area (Å²) in [5.41, 5.74) is 1.93. The number of hydrogen-bond acceptors (Lipinski definition) is 4. The smallest absolute Gasteiger partial charge is 0.408 e. The lowest BCUT2D eigenvalue weighted by molar-refractivity contribution is -0.134. The minimum atomic E-state index is -0.608. The molecule has 32 heavy (non-hydrogen) atoms. The molecule has 2 amide bonds. The van der Waals surface area contributed by atoms with Crippen LogP contribution in [0.15, 0.2) is 60.7 Å². The normalized spacial score (nSPS) is 15.8. The van der Waals surface area contributed by atoms with E-state index in [9.17, 15) is 9.59 Å². The van der Waals surface area contributed by atoms with Crippen LogP contribution in [-0.2, 0) is 15.3 Å². The highest BCUT2D eigenvalue weighted by molar-refractivity contribution is 7.98. The highest BCUT2D eigenvalue weighted by Gasteiger charge is 2.31. The molecule has 1 aliphatic rings. The van der Waals surface area contributed by atoms with E-state index in [-0.39, 0.29) is 5.91 Å². The number of alkyl carbamates (subject to hydrolysis) is 1. The molecule has 0 bridgehead atoms. The highest BCUT2D eigenvalue weighted by atomic mass is 32.2. The molecule has 6 heteroatoms. The first kappa shape index (κ1) is 24.2. The molecule has 1 atom stereocenters. The average molecular weight is 455 g/mol. The number of benzene rings is 2. The SMILES string of the molecule is CC(C)(C)OC(=O)N[C@@H](CSCc1ccccc1)C(=O)N1CCC(c2ccccc2)CC1. The van der Waals surface area contributed by atoms with Gasteiger partial charge in [-0.15, -0.1) is 0 Å². The number of piperidine rings is 1. The molecular formula is C26H34N2O3S. The fourth-order valence-corrected chi connectivity index (χ4v) is 4.88. The van der Waals surface area contributed by atoms with Crippen LogP contribution in [0, 0.1) is 0 Å². The van der Waals surface area contributed by atoms with Gasteiger partial charge in [0, 0.05) is 24.6 Å². The summed E-state index contributed by atoms with van der Waals surface area (Å²) >= 11 is 1.65. The zero-order valence-corrected chi connectivity index (χ0v) is 20.1. The first-order chi connectivity index (χ1) is 15.3. The maximum Gasteiger partial charge on any atom is 0.408 e. The molecule has 2 aromatic carbocycles. The standard InChI is InChI=1S/C26H34N2O3S/c1-26(2,3)31-25(30)27-23(19-32-18-20-10-6-4-7-11-20)24(29)28-16-14-22(15-17-28)21-12-8-5-9-13-21/h4-13,22-23H,14-19H2,1-3H3,(H,27,30)/t23-/m0/s1. The molecule has 0 unspecified atom stereocenters. The minimum absolute atomic E-state index is 0.0251. The van der Waals surface area contributed by atoms with Crippen LogP contribution in [0.3, 0.4) is 0 Å². The first-order valence-electron chi connectivity index (χ1n) is 11.3. The molecule has 0 saturated carbocycles. The number of rotatable bonds is 7. The number of ether oxygens (including phenoxy) is 1. The van der Waals surface area contributed by atoms with Crippen molar-refractivity contribution in [1.82, 2.24) is 10.2 Å². The number of carbonyl (C=O) groups is 2. The van der Waals surface area contributed by atoms with E-state index in [1.54, 1.807) is 11.8 Å². The van der Waals surface area contributed by atoms with E-state index in [1.807, 2.05) is 49.9 Å². The van der Waals surface area contributed by atoms with Crippen molar-refractivity contribution in [3.05, 3.63) is 71.8 Å². The molecule has 0 aliphatic carbocycles. The quantitative estimate of drug-likeness (QED) is 0.623. The van der Waals surface area contributed by atoms with Gasteiger partial charge in [0.25, 0.3) is 0 Å². The van der Waals surface area contributed by atoms with Crippen molar-refractivity contribution in [2.24, 2.45) is 0 Å². The van der Waals surface area contributed by atoms with Crippen LogP contribution in [0.1, 0.15) is 50.7 Å².